The maximum atomic E-state index is 12.5. The Morgan fingerprint density at radius 1 is 0.857 bits per heavy atom. The van der Waals surface area contributed by atoms with E-state index in [2.05, 4.69) is 22.3 Å². The van der Waals surface area contributed by atoms with Crippen molar-refractivity contribution in [2.24, 2.45) is 0 Å². The first-order valence-corrected chi connectivity index (χ1v) is 10.2. The number of hydrogen-bond donors (Lipinski definition) is 1. The Hall–Kier alpha value is -2.82. The minimum atomic E-state index is -0.174. The third-order valence-electron chi connectivity index (χ3n) is 5.29. The first-order chi connectivity index (χ1) is 13.6. The molecule has 28 heavy (non-hydrogen) atoms. The van der Waals surface area contributed by atoms with E-state index in [1.54, 1.807) is 29.2 Å². The number of nitrogens with one attached hydrogen (secondary N) is 1. The third-order valence-corrected chi connectivity index (χ3v) is 5.29. The SMILES string of the molecule is CCN(CC)C(=O)c1ccc(C(=O)Nc2ccc(N3CCCCC3)cc2)cc1. The first-order valence-electron chi connectivity index (χ1n) is 10.2. The van der Waals surface area contributed by atoms with Gasteiger partial charge in [0.05, 0.1) is 0 Å². The Morgan fingerprint density at radius 3 is 2.00 bits per heavy atom. The number of carbonyl (C=O) groups excluding carboxylic acids is 2. The molecule has 2 aromatic rings. The van der Waals surface area contributed by atoms with Crippen LogP contribution in [0.3, 0.4) is 0 Å². The number of carbonyl (C=O) groups is 2. The van der Waals surface area contributed by atoms with Gasteiger partial charge in [-0.25, -0.2) is 0 Å². The fraction of sp³-hybridized carbons (Fsp3) is 0.391. The smallest absolute Gasteiger partial charge is 0.255 e. The highest BCUT2D eigenvalue weighted by molar-refractivity contribution is 6.05. The number of amides is 2. The molecule has 1 aliphatic rings. The van der Waals surface area contributed by atoms with Gasteiger partial charge in [0.25, 0.3) is 11.8 Å². The Bertz CT molecular complexity index is 790. The fourth-order valence-corrected chi connectivity index (χ4v) is 3.57. The van der Waals surface area contributed by atoms with Crippen molar-refractivity contribution in [3.8, 4) is 0 Å². The molecule has 1 aliphatic heterocycles. The van der Waals surface area contributed by atoms with E-state index in [1.165, 1.54) is 24.9 Å². The van der Waals surface area contributed by atoms with Crippen LogP contribution in [-0.2, 0) is 0 Å². The molecule has 1 fully saturated rings. The van der Waals surface area contributed by atoms with Crippen LogP contribution in [0.25, 0.3) is 0 Å². The Kier molecular flexibility index (Phi) is 6.69. The predicted octanol–water partition coefficient (Wildman–Crippen LogP) is 4.41. The van der Waals surface area contributed by atoms with E-state index in [1.807, 2.05) is 26.0 Å². The Balaban J connectivity index is 1.62. The maximum Gasteiger partial charge on any atom is 0.255 e. The molecule has 1 N–H and O–H groups in total. The van der Waals surface area contributed by atoms with Crippen molar-refractivity contribution in [1.29, 1.82) is 0 Å². The van der Waals surface area contributed by atoms with E-state index in [9.17, 15) is 9.59 Å². The average Bonchev–Trinajstić information content (AvgIpc) is 2.76. The molecular formula is C23H29N3O2. The van der Waals surface area contributed by atoms with E-state index in [4.69, 9.17) is 0 Å². The highest BCUT2D eigenvalue weighted by Crippen LogP contribution is 2.22. The van der Waals surface area contributed by atoms with Crippen LogP contribution >= 0.6 is 0 Å². The molecule has 5 heteroatoms. The van der Waals surface area contributed by atoms with Crippen molar-refractivity contribution in [2.75, 3.05) is 36.4 Å². The van der Waals surface area contributed by atoms with Gasteiger partial charge in [-0.1, -0.05) is 0 Å². The van der Waals surface area contributed by atoms with E-state index >= 15 is 0 Å². The molecule has 2 amide bonds. The quantitative estimate of drug-likeness (QED) is 0.809. The van der Waals surface area contributed by atoms with Gasteiger partial charge in [-0.3, -0.25) is 9.59 Å². The molecule has 5 nitrogen and oxygen atoms in total. The molecule has 0 unspecified atom stereocenters. The second-order valence-corrected chi connectivity index (χ2v) is 7.10. The second-order valence-electron chi connectivity index (χ2n) is 7.10. The predicted molar refractivity (Wildman–Crippen MR) is 114 cm³/mol. The zero-order valence-corrected chi connectivity index (χ0v) is 16.8. The van der Waals surface area contributed by atoms with Gasteiger partial charge in [0.1, 0.15) is 0 Å². The molecule has 2 aromatic carbocycles. The molecule has 0 saturated carbocycles. The van der Waals surface area contributed by atoms with Crippen molar-refractivity contribution in [2.45, 2.75) is 33.1 Å². The van der Waals surface area contributed by atoms with Crippen molar-refractivity contribution in [3.05, 3.63) is 59.7 Å². The van der Waals surface area contributed by atoms with Crippen molar-refractivity contribution in [3.63, 3.8) is 0 Å². The summed E-state index contributed by atoms with van der Waals surface area (Å²) < 4.78 is 0. The van der Waals surface area contributed by atoms with Crippen LogP contribution in [0, 0.1) is 0 Å². The van der Waals surface area contributed by atoms with E-state index in [0.717, 1.165) is 18.8 Å². The van der Waals surface area contributed by atoms with E-state index in [0.29, 0.717) is 24.2 Å². The minimum Gasteiger partial charge on any atom is -0.372 e. The molecule has 1 heterocycles. The van der Waals surface area contributed by atoms with Crippen LogP contribution in [0.5, 0.6) is 0 Å². The molecule has 148 valence electrons. The molecule has 0 bridgehead atoms. The normalized spacial score (nSPS) is 13.9. The van der Waals surface area contributed by atoms with Crippen LogP contribution in [0.15, 0.2) is 48.5 Å². The molecule has 3 rings (SSSR count). The Labute approximate surface area is 167 Å². The van der Waals surface area contributed by atoms with Crippen molar-refractivity contribution < 1.29 is 9.59 Å². The summed E-state index contributed by atoms with van der Waals surface area (Å²) in [7, 11) is 0. The van der Waals surface area contributed by atoms with Crippen LogP contribution in [0.4, 0.5) is 11.4 Å². The molecule has 0 atom stereocenters. The summed E-state index contributed by atoms with van der Waals surface area (Å²) in [6, 6.07) is 14.9. The van der Waals surface area contributed by atoms with E-state index in [-0.39, 0.29) is 11.8 Å². The van der Waals surface area contributed by atoms with Gasteiger partial charge in [0, 0.05) is 48.7 Å². The fourth-order valence-electron chi connectivity index (χ4n) is 3.57. The summed E-state index contributed by atoms with van der Waals surface area (Å²) in [6.45, 7) is 7.46. The number of hydrogen-bond acceptors (Lipinski definition) is 3. The summed E-state index contributed by atoms with van der Waals surface area (Å²) in [5.41, 5.74) is 3.12. The summed E-state index contributed by atoms with van der Waals surface area (Å²) in [5.74, 6) is -0.183. The number of nitrogens with zero attached hydrogens (tertiary/aromatic N) is 2. The van der Waals surface area contributed by atoms with Crippen LogP contribution in [-0.4, -0.2) is 42.9 Å². The van der Waals surface area contributed by atoms with Crippen molar-refractivity contribution in [1.82, 2.24) is 4.90 Å². The number of piperidine rings is 1. The lowest BCUT2D eigenvalue weighted by Crippen LogP contribution is -2.30. The molecule has 1 saturated heterocycles. The molecule has 0 aromatic heterocycles. The van der Waals surface area contributed by atoms with Gasteiger partial charge in [-0.15, -0.1) is 0 Å². The largest absolute Gasteiger partial charge is 0.372 e. The van der Waals surface area contributed by atoms with Gasteiger partial charge in [0.15, 0.2) is 0 Å². The Morgan fingerprint density at radius 2 is 1.43 bits per heavy atom. The van der Waals surface area contributed by atoms with Gasteiger partial charge in [-0.05, 0) is 81.6 Å². The van der Waals surface area contributed by atoms with Crippen LogP contribution in [0.1, 0.15) is 53.8 Å². The first kappa shape index (κ1) is 19.9. The lowest BCUT2D eigenvalue weighted by Gasteiger charge is -2.28. The second kappa shape index (κ2) is 9.40. The lowest BCUT2D eigenvalue weighted by molar-refractivity contribution is 0.0772. The summed E-state index contributed by atoms with van der Waals surface area (Å²) >= 11 is 0. The number of benzene rings is 2. The summed E-state index contributed by atoms with van der Waals surface area (Å²) in [6.07, 6.45) is 3.79. The highest BCUT2D eigenvalue weighted by atomic mass is 16.2. The average molecular weight is 380 g/mol. The monoisotopic (exact) mass is 379 g/mol. The summed E-state index contributed by atoms with van der Waals surface area (Å²) in [5, 5.41) is 2.93. The van der Waals surface area contributed by atoms with Crippen molar-refractivity contribution >= 4 is 23.2 Å². The molecule has 0 aliphatic carbocycles. The number of rotatable bonds is 6. The zero-order chi connectivity index (χ0) is 19.9. The van der Waals surface area contributed by atoms with Gasteiger partial charge in [-0.2, -0.15) is 0 Å². The van der Waals surface area contributed by atoms with Gasteiger partial charge < -0.3 is 15.1 Å². The standard InChI is InChI=1S/C23H29N3O2/c1-3-25(4-2)23(28)19-10-8-18(9-11-19)22(27)24-20-12-14-21(15-13-20)26-16-6-5-7-17-26/h8-15H,3-7,16-17H2,1-2H3,(H,24,27). The van der Waals surface area contributed by atoms with E-state index < -0.39 is 0 Å². The maximum absolute atomic E-state index is 12.5. The molecular weight excluding hydrogens is 350 g/mol. The minimum absolute atomic E-state index is 0.00902. The van der Waals surface area contributed by atoms with Gasteiger partial charge in [0.2, 0.25) is 0 Å². The molecule has 0 spiro atoms. The van der Waals surface area contributed by atoms with Crippen LogP contribution in [0.2, 0.25) is 0 Å². The topological polar surface area (TPSA) is 52.7 Å². The van der Waals surface area contributed by atoms with Crippen LogP contribution < -0.4 is 10.2 Å². The lowest BCUT2D eigenvalue weighted by atomic mass is 10.1. The summed E-state index contributed by atoms with van der Waals surface area (Å²) in [4.78, 5) is 29.0. The van der Waals surface area contributed by atoms with Gasteiger partial charge >= 0.3 is 0 Å². The number of anilines is 2. The zero-order valence-electron chi connectivity index (χ0n) is 16.8. The molecule has 0 radical (unpaired) electrons. The third kappa shape index (κ3) is 4.71. The highest BCUT2D eigenvalue weighted by Gasteiger charge is 2.14.